The van der Waals surface area contributed by atoms with Gasteiger partial charge in [0.05, 0.1) is 6.10 Å². The largest absolute Gasteiger partial charge is 0.388 e. The molecule has 5 rings (SSSR count). The van der Waals surface area contributed by atoms with Gasteiger partial charge in [-0.05, 0) is 56.1 Å². The zero-order valence-electron chi connectivity index (χ0n) is 21.8. The summed E-state index contributed by atoms with van der Waals surface area (Å²) in [4.78, 5) is 25.5. The van der Waals surface area contributed by atoms with Crippen LogP contribution in [0, 0.1) is 28.1 Å². The molecule has 188 valence electrons. The Kier molecular flexibility index (Phi) is 6.41. The fraction of sp³-hybridized carbons (Fsp3) is 0.724. The van der Waals surface area contributed by atoms with Crippen molar-refractivity contribution < 1.29 is 24.2 Å². The number of hydrogen-bond donors (Lipinski definition) is 1. The first kappa shape index (κ1) is 25.5. The monoisotopic (exact) mass is 470 g/mol. The highest BCUT2D eigenvalue weighted by molar-refractivity contribution is 6.01. The highest BCUT2D eigenvalue weighted by atomic mass is 16.7. The van der Waals surface area contributed by atoms with Crippen LogP contribution >= 0.6 is 0 Å². The summed E-state index contributed by atoms with van der Waals surface area (Å²) in [7, 11) is 0. The van der Waals surface area contributed by atoms with Gasteiger partial charge in [-0.25, -0.2) is 0 Å². The molecule has 5 nitrogen and oxygen atoms in total. The molecule has 0 spiro atoms. The van der Waals surface area contributed by atoms with Crippen LogP contribution in [-0.2, 0) is 19.1 Å². The van der Waals surface area contributed by atoms with Gasteiger partial charge in [0.25, 0.3) is 0 Å². The Hall–Kier alpha value is -1.56. The Bertz CT molecular complexity index is 948. The third kappa shape index (κ3) is 2.96. The number of hydrogen-bond acceptors (Lipinski definition) is 5. The first-order chi connectivity index (χ1) is 16.1. The van der Waals surface area contributed by atoms with Gasteiger partial charge in [0, 0.05) is 16.2 Å². The van der Waals surface area contributed by atoms with Crippen LogP contribution in [0.15, 0.2) is 36.0 Å². The van der Waals surface area contributed by atoms with E-state index >= 15 is 0 Å². The van der Waals surface area contributed by atoms with E-state index in [-0.39, 0.29) is 34.4 Å². The van der Waals surface area contributed by atoms with Crippen molar-refractivity contribution in [3.8, 4) is 0 Å². The molecular formula is C29H42O5. The SMILES string of the molecule is C=C1CC2(C)C(C[C@H]3OC(CCC)O[C@]32C(=O)CO)C2CCC3=CC(=O)C=CC3(C)[C@@]12C.CC. The van der Waals surface area contributed by atoms with Crippen molar-refractivity contribution in [1.29, 1.82) is 0 Å². The quantitative estimate of drug-likeness (QED) is 0.562. The van der Waals surface area contributed by atoms with E-state index in [2.05, 4.69) is 40.3 Å². The highest BCUT2D eigenvalue weighted by Crippen LogP contribution is 2.74. The predicted octanol–water partition coefficient (Wildman–Crippen LogP) is 5.33. The minimum atomic E-state index is -1.12. The van der Waals surface area contributed by atoms with Crippen molar-refractivity contribution in [2.45, 2.75) is 98.1 Å². The van der Waals surface area contributed by atoms with Gasteiger partial charge in [-0.1, -0.05) is 71.8 Å². The van der Waals surface area contributed by atoms with E-state index in [0.717, 1.165) is 37.7 Å². The van der Waals surface area contributed by atoms with Crippen LogP contribution in [-0.4, -0.2) is 41.3 Å². The van der Waals surface area contributed by atoms with E-state index in [1.165, 1.54) is 5.57 Å². The Balaban J connectivity index is 0.00000133. The number of ketones is 2. The second-order valence-corrected chi connectivity index (χ2v) is 11.3. The minimum Gasteiger partial charge on any atom is -0.388 e. The van der Waals surface area contributed by atoms with E-state index < -0.39 is 23.9 Å². The fourth-order valence-electron chi connectivity index (χ4n) is 8.40. The van der Waals surface area contributed by atoms with Gasteiger partial charge in [0.1, 0.15) is 6.61 Å². The Morgan fingerprint density at radius 3 is 2.59 bits per heavy atom. The summed E-state index contributed by atoms with van der Waals surface area (Å²) in [6, 6.07) is 0. The molecule has 0 radical (unpaired) electrons. The third-order valence-corrected chi connectivity index (χ3v) is 10.2. The molecule has 1 aliphatic heterocycles. The summed E-state index contributed by atoms with van der Waals surface area (Å²) in [6.07, 6.45) is 9.78. The van der Waals surface area contributed by atoms with E-state index in [9.17, 15) is 14.7 Å². The lowest BCUT2D eigenvalue weighted by Crippen LogP contribution is -2.63. The molecule has 8 atom stereocenters. The normalized spacial score (nSPS) is 46.5. The number of carbonyl (C=O) groups is 2. The van der Waals surface area contributed by atoms with E-state index in [1.54, 1.807) is 6.08 Å². The van der Waals surface area contributed by atoms with Crippen molar-refractivity contribution in [2.75, 3.05) is 6.61 Å². The average molecular weight is 471 g/mol. The van der Waals surface area contributed by atoms with Crippen LogP contribution in [0.1, 0.15) is 80.1 Å². The number of ether oxygens (including phenoxy) is 2. The van der Waals surface area contributed by atoms with Crippen molar-refractivity contribution in [3.63, 3.8) is 0 Å². The van der Waals surface area contributed by atoms with Crippen LogP contribution in [0.4, 0.5) is 0 Å². The van der Waals surface area contributed by atoms with Crippen LogP contribution in [0.5, 0.6) is 0 Å². The summed E-state index contributed by atoms with van der Waals surface area (Å²) in [5.74, 6) is 0.316. The lowest BCUT2D eigenvalue weighted by atomic mass is 9.39. The molecule has 1 saturated heterocycles. The van der Waals surface area contributed by atoms with Gasteiger partial charge >= 0.3 is 0 Å². The molecule has 3 saturated carbocycles. The number of fused-ring (bicyclic) bond motifs is 7. The fourth-order valence-corrected chi connectivity index (χ4v) is 8.40. The third-order valence-electron chi connectivity index (χ3n) is 10.2. The lowest BCUT2D eigenvalue weighted by molar-refractivity contribution is -0.185. The summed E-state index contributed by atoms with van der Waals surface area (Å²) in [5, 5.41) is 9.97. The standard InChI is InChI=1S/C27H36O5.C2H6/c1-6-7-23-31-22-13-20-19-9-8-17-12-18(29)10-11-24(17,3)26(19,5)16(2)14-25(20,4)27(22,32-23)21(30)15-28;1-2/h10-12,19-20,22-23,28H,2,6-9,13-15H2,1,3-5H3;1-2H3/t19?,20?,22-,23?,24?,25?,26+,27-;/m1./s1. The number of aliphatic hydroxyl groups excluding tert-OH is 1. The van der Waals surface area contributed by atoms with Crippen LogP contribution < -0.4 is 0 Å². The summed E-state index contributed by atoms with van der Waals surface area (Å²) < 4.78 is 12.9. The minimum absolute atomic E-state index is 0.0671. The van der Waals surface area contributed by atoms with Gasteiger partial charge in [-0.2, -0.15) is 0 Å². The average Bonchev–Trinajstić information content (AvgIpc) is 3.29. The highest BCUT2D eigenvalue weighted by Gasteiger charge is 2.76. The lowest BCUT2D eigenvalue weighted by Gasteiger charge is -2.64. The summed E-state index contributed by atoms with van der Waals surface area (Å²) >= 11 is 0. The molecule has 4 aliphatic carbocycles. The molecule has 0 bridgehead atoms. The molecule has 5 unspecified atom stereocenters. The van der Waals surface area contributed by atoms with Gasteiger partial charge in [-0.3, -0.25) is 9.59 Å². The number of Topliss-reactive ketones (excluding diaryl/α,β-unsaturated/α-hetero) is 1. The van der Waals surface area contributed by atoms with Gasteiger partial charge in [-0.15, -0.1) is 0 Å². The Morgan fingerprint density at radius 2 is 1.94 bits per heavy atom. The molecule has 0 aromatic carbocycles. The molecule has 0 amide bonds. The molecule has 0 aromatic heterocycles. The Labute approximate surface area is 204 Å². The van der Waals surface area contributed by atoms with Crippen molar-refractivity contribution >= 4 is 11.6 Å². The zero-order chi connectivity index (χ0) is 25.1. The second kappa shape index (κ2) is 8.53. The molecule has 5 aliphatic rings. The Morgan fingerprint density at radius 1 is 1.24 bits per heavy atom. The summed E-state index contributed by atoms with van der Waals surface area (Å²) in [6.45, 7) is 16.9. The van der Waals surface area contributed by atoms with Gasteiger partial charge < -0.3 is 14.6 Å². The molecule has 1 N–H and O–H groups in total. The van der Waals surface area contributed by atoms with Gasteiger partial charge in [0.15, 0.2) is 23.5 Å². The maximum atomic E-state index is 13.4. The number of carbonyl (C=O) groups excluding carboxylic acids is 2. The number of aliphatic hydroxyl groups is 1. The first-order valence-corrected chi connectivity index (χ1v) is 13.2. The molecular weight excluding hydrogens is 428 g/mol. The molecule has 1 heterocycles. The molecule has 4 fully saturated rings. The number of allylic oxidation sites excluding steroid dienone is 5. The zero-order valence-corrected chi connectivity index (χ0v) is 21.8. The summed E-state index contributed by atoms with van der Waals surface area (Å²) in [5.41, 5.74) is 0.230. The second-order valence-electron chi connectivity index (χ2n) is 11.3. The number of rotatable bonds is 4. The van der Waals surface area contributed by atoms with E-state index in [4.69, 9.17) is 9.47 Å². The molecule has 34 heavy (non-hydrogen) atoms. The topological polar surface area (TPSA) is 72.8 Å². The van der Waals surface area contributed by atoms with Crippen LogP contribution in [0.2, 0.25) is 0 Å². The van der Waals surface area contributed by atoms with Gasteiger partial charge in [0.2, 0.25) is 0 Å². The molecule has 0 aromatic rings. The van der Waals surface area contributed by atoms with Crippen molar-refractivity contribution in [1.82, 2.24) is 0 Å². The molecule has 5 heteroatoms. The van der Waals surface area contributed by atoms with Crippen LogP contribution in [0.25, 0.3) is 0 Å². The van der Waals surface area contributed by atoms with Crippen LogP contribution in [0.3, 0.4) is 0 Å². The van der Waals surface area contributed by atoms with Crippen molar-refractivity contribution in [2.24, 2.45) is 28.1 Å². The van der Waals surface area contributed by atoms with Crippen molar-refractivity contribution in [3.05, 3.63) is 36.0 Å². The van der Waals surface area contributed by atoms with E-state index in [1.807, 2.05) is 19.9 Å². The maximum Gasteiger partial charge on any atom is 0.193 e. The van der Waals surface area contributed by atoms with E-state index in [0.29, 0.717) is 12.3 Å². The predicted molar refractivity (Wildman–Crippen MR) is 132 cm³/mol. The maximum absolute atomic E-state index is 13.4. The smallest absolute Gasteiger partial charge is 0.193 e. The first-order valence-electron chi connectivity index (χ1n) is 13.2.